The minimum atomic E-state index is -0.350. The molecule has 3 rings (SSSR count). The third kappa shape index (κ3) is 4.65. The minimum Gasteiger partial charge on any atom is -0.313 e. The van der Waals surface area contributed by atoms with Crippen LogP contribution < -0.4 is 15.8 Å². The Labute approximate surface area is 169 Å². The van der Waals surface area contributed by atoms with Crippen LogP contribution in [-0.4, -0.2) is 17.1 Å². The summed E-state index contributed by atoms with van der Waals surface area (Å²) in [5.74, 6) is -0.0643. The van der Waals surface area contributed by atoms with Crippen LogP contribution >= 0.6 is 0 Å². The number of fused-ring (bicyclic) bond motifs is 1. The van der Waals surface area contributed by atoms with Crippen LogP contribution in [0.1, 0.15) is 27.2 Å². The molecule has 152 valence electrons. The zero-order chi connectivity index (χ0) is 21.0. The van der Waals surface area contributed by atoms with Crippen LogP contribution in [0.15, 0.2) is 59.5 Å². The predicted octanol–water partition coefficient (Wildman–Crippen LogP) is 5.25. The number of nitrogens with zero attached hydrogens (tertiary/aromatic N) is 2. The Morgan fingerprint density at radius 1 is 1.10 bits per heavy atom. The van der Waals surface area contributed by atoms with E-state index in [4.69, 9.17) is 0 Å². The number of halogens is 1. The normalized spacial score (nSPS) is 11.1. The summed E-state index contributed by atoms with van der Waals surface area (Å²) in [6.45, 7) is 7.10. The zero-order valence-corrected chi connectivity index (χ0v) is 17.0. The van der Waals surface area contributed by atoms with Gasteiger partial charge in [0.15, 0.2) is 0 Å². The summed E-state index contributed by atoms with van der Waals surface area (Å²) in [4.78, 5) is 27.5. The number of rotatable bonds is 6. The Morgan fingerprint density at radius 2 is 1.76 bits per heavy atom. The molecule has 0 bridgehead atoms. The lowest BCUT2D eigenvalue weighted by Gasteiger charge is -2.23. The molecule has 0 saturated heterocycles. The summed E-state index contributed by atoms with van der Waals surface area (Å²) < 4.78 is 14.9. The highest BCUT2D eigenvalue weighted by atomic mass is 19.1. The largest absolute Gasteiger partial charge is 0.326 e. The Balaban J connectivity index is 2.01. The monoisotopic (exact) mass is 395 g/mol. The third-order valence-electron chi connectivity index (χ3n) is 4.63. The van der Waals surface area contributed by atoms with Crippen molar-refractivity contribution >= 4 is 28.2 Å². The molecule has 1 heterocycles. The number of urea groups is 1. The third-order valence-corrected chi connectivity index (χ3v) is 4.63. The molecule has 0 aliphatic carbocycles. The summed E-state index contributed by atoms with van der Waals surface area (Å²) in [7, 11) is 0. The van der Waals surface area contributed by atoms with E-state index in [1.165, 1.54) is 12.1 Å². The van der Waals surface area contributed by atoms with E-state index in [0.29, 0.717) is 35.2 Å². The number of pyridine rings is 1. The maximum absolute atomic E-state index is 13.3. The van der Waals surface area contributed by atoms with Gasteiger partial charge in [0.2, 0.25) is 0 Å². The van der Waals surface area contributed by atoms with Gasteiger partial charge in [0.25, 0.3) is 5.56 Å². The van der Waals surface area contributed by atoms with Crippen molar-refractivity contribution in [3.05, 3.63) is 70.9 Å². The van der Waals surface area contributed by atoms with E-state index in [9.17, 15) is 14.0 Å². The van der Waals surface area contributed by atoms with Gasteiger partial charge in [0.05, 0.1) is 5.69 Å². The van der Waals surface area contributed by atoms with Crippen molar-refractivity contribution in [3.8, 4) is 0 Å². The van der Waals surface area contributed by atoms with Gasteiger partial charge in [0, 0.05) is 35.7 Å². The first-order valence-electron chi connectivity index (χ1n) is 9.87. The quantitative estimate of drug-likeness (QED) is 0.620. The Kier molecular flexibility index (Phi) is 6.32. The summed E-state index contributed by atoms with van der Waals surface area (Å²) in [6.07, 6.45) is 2.45. The summed E-state index contributed by atoms with van der Waals surface area (Å²) in [5.41, 5.74) is 1.12. The van der Waals surface area contributed by atoms with Crippen molar-refractivity contribution < 1.29 is 9.18 Å². The van der Waals surface area contributed by atoms with E-state index in [-0.39, 0.29) is 23.3 Å². The molecule has 0 saturated carbocycles. The molecule has 0 aliphatic rings. The molecule has 0 spiro atoms. The SMILES string of the molecule is CCCN(C(=O)Nc1cn(CC(C)C)c(=O)c2ccccc12)c1ccc(F)cc1. The van der Waals surface area contributed by atoms with E-state index < -0.39 is 0 Å². The van der Waals surface area contributed by atoms with Crippen LogP contribution in [0, 0.1) is 11.7 Å². The van der Waals surface area contributed by atoms with Crippen molar-refractivity contribution in [2.75, 3.05) is 16.8 Å². The Morgan fingerprint density at radius 3 is 2.38 bits per heavy atom. The van der Waals surface area contributed by atoms with Crippen molar-refractivity contribution in [1.82, 2.24) is 4.57 Å². The van der Waals surface area contributed by atoms with Gasteiger partial charge in [-0.25, -0.2) is 9.18 Å². The molecule has 0 radical (unpaired) electrons. The average molecular weight is 395 g/mol. The molecule has 0 fully saturated rings. The number of nitrogens with one attached hydrogen (secondary N) is 1. The number of carbonyl (C=O) groups is 1. The van der Waals surface area contributed by atoms with Crippen LogP contribution in [0.4, 0.5) is 20.6 Å². The summed E-state index contributed by atoms with van der Waals surface area (Å²) in [5, 5.41) is 4.22. The van der Waals surface area contributed by atoms with Gasteiger partial charge in [-0.3, -0.25) is 9.69 Å². The lowest BCUT2D eigenvalue weighted by atomic mass is 10.1. The number of benzene rings is 2. The topological polar surface area (TPSA) is 54.3 Å². The van der Waals surface area contributed by atoms with E-state index in [1.807, 2.05) is 39.0 Å². The minimum absolute atomic E-state index is 0.0729. The lowest BCUT2D eigenvalue weighted by Crippen LogP contribution is -2.36. The number of aromatic nitrogens is 1. The van der Waals surface area contributed by atoms with Crippen LogP contribution in [0.5, 0.6) is 0 Å². The van der Waals surface area contributed by atoms with Gasteiger partial charge >= 0.3 is 6.03 Å². The lowest BCUT2D eigenvalue weighted by molar-refractivity contribution is 0.257. The van der Waals surface area contributed by atoms with E-state index in [2.05, 4.69) is 5.32 Å². The van der Waals surface area contributed by atoms with E-state index >= 15 is 0 Å². The Hall–Kier alpha value is -3.15. The molecule has 0 unspecified atom stereocenters. The second-order valence-corrected chi connectivity index (χ2v) is 7.50. The number of amides is 2. The highest BCUT2D eigenvalue weighted by Gasteiger charge is 2.18. The number of hydrogen-bond acceptors (Lipinski definition) is 2. The molecule has 3 aromatic rings. The molecular weight excluding hydrogens is 369 g/mol. The predicted molar refractivity (Wildman–Crippen MR) is 116 cm³/mol. The molecule has 1 N–H and O–H groups in total. The number of hydrogen-bond donors (Lipinski definition) is 1. The highest BCUT2D eigenvalue weighted by Crippen LogP contribution is 2.23. The van der Waals surface area contributed by atoms with Crippen LogP contribution in [0.3, 0.4) is 0 Å². The molecule has 2 aromatic carbocycles. The van der Waals surface area contributed by atoms with Crippen LogP contribution in [-0.2, 0) is 6.54 Å². The molecule has 29 heavy (non-hydrogen) atoms. The fourth-order valence-electron chi connectivity index (χ4n) is 3.35. The summed E-state index contributed by atoms with van der Waals surface area (Å²) >= 11 is 0. The fourth-order valence-corrected chi connectivity index (χ4v) is 3.35. The second-order valence-electron chi connectivity index (χ2n) is 7.50. The van der Waals surface area contributed by atoms with Crippen molar-refractivity contribution in [2.45, 2.75) is 33.7 Å². The maximum atomic E-state index is 13.3. The summed E-state index contributed by atoms with van der Waals surface area (Å²) in [6, 6.07) is 12.8. The molecule has 0 atom stereocenters. The van der Waals surface area contributed by atoms with Crippen molar-refractivity contribution in [1.29, 1.82) is 0 Å². The Bertz CT molecular complexity index is 1060. The van der Waals surface area contributed by atoms with Crippen molar-refractivity contribution in [3.63, 3.8) is 0 Å². The standard InChI is InChI=1S/C23H26FN3O2/c1-4-13-27(18-11-9-17(24)10-12-18)23(29)25-21-15-26(14-16(2)3)22(28)20-8-6-5-7-19(20)21/h5-12,15-16H,4,13-14H2,1-3H3,(H,25,29). The molecule has 5 nitrogen and oxygen atoms in total. The maximum Gasteiger partial charge on any atom is 0.326 e. The van der Waals surface area contributed by atoms with Gasteiger partial charge < -0.3 is 9.88 Å². The van der Waals surface area contributed by atoms with Crippen molar-refractivity contribution in [2.24, 2.45) is 5.92 Å². The number of anilines is 2. The zero-order valence-electron chi connectivity index (χ0n) is 17.0. The fraction of sp³-hybridized carbons (Fsp3) is 0.304. The van der Waals surface area contributed by atoms with E-state index in [1.54, 1.807) is 33.9 Å². The van der Waals surface area contributed by atoms with Gasteiger partial charge in [-0.1, -0.05) is 39.0 Å². The second kappa shape index (κ2) is 8.90. The highest BCUT2D eigenvalue weighted by molar-refractivity contribution is 6.07. The molecule has 0 aliphatic heterocycles. The van der Waals surface area contributed by atoms with E-state index in [0.717, 1.165) is 6.42 Å². The molecule has 2 amide bonds. The van der Waals surface area contributed by atoms with Crippen LogP contribution in [0.25, 0.3) is 10.8 Å². The first kappa shape index (κ1) is 20.6. The first-order chi connectivity index (χ1) is 13.9. The van der Waals surface area contributed by atoms with Gasteiger partial charge in [-0.05, 0) is 42.7 Å². The molecule has 1 aromatic heterocycles. The number of carbonyl (C=O) groups excluding carboxylic acids is 1. The first-order valence-corrected chi connectivity index (χ1v) is 9.87. The van der Waals surface area contributed by atoms with Gasteiger partial charge in [-0.2, -0.15) is 0 Å². The molecular formula is C23H26FN3O2. The van der Waals surface area contributed by atoms with Gasteiger partial charge in [-0.15, -0.1) is 0 Å². The smallest absolute Gasteiger partial charge is 0.313 e. The van der Waals surface area contributed by atoms with Gasteiger partial charge in [0.1, 0.15) is 5.82 Å². The van der Waals surface area contributed by atoms with Crippen LogP contribution in [0.2, 0.25) is 0 Å². The molecule has 6 heteroatoms. The average Bonchev–Trinajstić information content (AvgIpc) is 2.70.